The molecule has 0 aromatic carbocycles. The molecule has 0 spiro atoms. The van der Waals surface area contributed by atoms with Crippen LogP contribution >= 0.6 is 0 Å². The Morgan fingerprint density at radius 2 is 2.38 bits per heavy atom. The van der Waals surface area contributed by atoms with Crippen LogP contribution in [0.5, 0.6) is 0 Å². The lowest BCUT2D eigenvalue weighted by Gasteiger charge is -2.05. The minimum absolute atomic E-state index is 0.134. The molecule has 0 aliphatic heterocycles. The average molecular weight is 286 g/mol. The van der Waals surface area contributed by atoms with Crippen molar-refractivity contribution < 1.29 is 9.21 Å². The molecule has 0 radical (unpaired) electrons. The van der Waals surface area contributed by atoms with Gasteiger partial charge in [-0.25, -0.2) is 0 Å². The summed E-state index contributed by atoms with van der Waals surface area (Å²) in [5.41, 5.74) is 0. The molecule has 1 aliphatic carbocycles. The van der Waals surface area contributed by atoms with Gasteiger partial charge >= 0.3 is 0 Å². The van der Waals surface area contributed by atoms with Gasteiger partial charge < -0.3 is 14.3 Å². The van der Waals surface area contributed by atoms with Crippen molar-refractivity contribution in [3.8, 4) is 0 Å². The Kier molecular flexibility index (Phi) is 3.85. The highest BCUT2D eigenvalue weighted by Gasteiger charge is 2.28. The minimum atomic E-state index is -0.134. The van der Waals surface area contributed by atoms with Gasteiger partial charge in [0.05, 0.1) is 0 Å². The van der Waals surface area contributed by atoms with E-state index in [0.29, 0.717) is 24.8 Å². The molecule has 21 heavy (non-hydrogen) atoms. The third-order valence-corrected chi connectivity index (χ3v) is 3.40. The molecular weight excluding hydrogens is 268 g/mol. The number of rotatable bonds is 6. The maximum absolute atomic E-state index is 11.7. The van der Waals surface area contributed by atoms with Crippen LogP contribution in [0.2, 0.25) is 0 Å². The normalized spacial score (nSPS) is 14.7. The maximum Gasteiger partial charge on any atom is 0.244 e. The molecule has 6 nitrogen and oxygen atoms in total. The largest absolute Gasteiger partial charge is 0.462 e. The van der Waals surface area contributed by atoms with Gasteiger partial charge in [0.25, 0.3) is 0 Å². The van der Waals surface area contributed by atoms with Crippen LogP contribution in [0.4, 0.5) is 0 Å². The molecular formula is C15H18N4O2. The predicted octanol–water partition coefficient (Wildman–Crippen LogP) is 1.89. The predicted molar refractivity (Wildman–Crippen MR) is 77.5 cm³/mol. The van der Waals surface area contributed by atoms with Crippen LogP contribution in [0.25, 0.3) is 6.08 Å². The highest BCUT2D eigenvalue weighted by molar-refractivity contribution is 5.91. The zero-order valence-electron chi connectivity index (χ0n) is 12.0. The zero-order valence-corrected chi connectivity index (χ0v) is 12.0. The lowest BCUT2D eigenvalue weighted by Crippen LogP contribution is -2.25. The van der Waals surface area contributed by atoms with Crippen molar-refractivity contribution in [1.82, 2.24) is 20.1 Å². The molecule has 2 aromatic heterocycles. The summed E-state index contributed by atoms with van der Waals surface area (Å²) in [6, 6.07) is 3.70. The summed E-state index contributed by atoms with van der Waals surface area (Å²) >= 11 is 0. The number of aromatic nitrogens is 3. The molecule has 0 unspecified atom stereocenters. The minimum Gasteiger partial charge on any atom is -0.462 e. The summed E-state index contributed by atoms with van der Waals surface area (Å²) in [7, 11) is 0. The third-order valence-electron chi connectivity index (χ3n) is 3.40. The van der Waals surface area contributed by atoms with Crippen LogP contribution in [0.15, 0.2) is 29.0 Å². The first-order chi connectivity index (χ1) is 10.2. The van der Waals surface area contributed by atoms with Crippen LogP contribution in [0, 0.1) is 6.92 Å². The molecule has 0 bridgehead atoms. The molecule has 2 heterocycles. The van der Waals surface area contributed by atoms with E-state index >= 15 is 0 Å². The number of amides is 1. The zero-order chi connectivity index (χ0) is 14.7. The van der Waals surface area contributed by atoms with Gasteiger partial charge in [-0.3, -0.25) is 4.79 Å². The maximum atomic E-state index is 11.7. The summed E-state index contributed by atoms with van der Waals surface area (Å²) in [6.45, 7) is 3.12. The molecule has 110 valence electrons. The number of aryl methyl sites for hydroxylation is 1. The molecule has 0 atom stereocenters. The van der Waals surface area contributed by atoms with Crippen molar-refractivity contribution in [1.29, 1.82) is 0 Å². The first-order valence-corrected chi connectivity index (χ1v) is 7.12. The molecule has 3 rings (SSSR count). The number of nitrogens with one attached hydrogen (secondary N) is 1. The van der Waals surface area contributed by atoms with E-state index in [2.05, 4.69) is 15.5 Å². The topological polar surface area (TPSA) is 73.0 Å². The van der Waals surface area contributed by atoms with E-state index in [4.69, 9.17) is 4.42 Å². The van der Waals surface area contributed by atoms with Gasteiger partial charge in [-0.05, 0) is 38.0 Å². The SMILES string of the molecule is Cc1ccc(/C=C\C(=O)NCCn2cnnc2C2CC2)o1. The van der Waals surface area contributed by atoms with Gasteiger partial charge in [0.2, 0.25) is 5.91 Å². The van der Waals surface area contributed by atoms with Crippen LogP contribution in [0.1, 0.15) is 36.1 Å². The number of carbonyl (C=O) groups is 1. The summed E-state index contributed by atoms with van der Waals surface area (Å²) in [6.07, 6.45) is 7.25. The van der Waals surface area contributed by atoms with Crippen molar-refractivity contribution in [3.63, 3.8) is 0 Å². The molecule has 0 saturated heterocycles. The number of hydrogen-bond donors (Lipinski definition) is 1. The van der Waals surface area contributed by atoms with Crippen molar-refractivity contribution >= 4 is 12.0 Å². The van der Waals surface area contributed by atoms with E-state index in [1.54, 1.807) is 12.4 Å². The lowest BCUT2D eigenvalue weighted by molar-refractivity contribution is -0.116. The second-order valence-electron chi connectivity index (χ2n) is 5.23. The van der Waals surface area contributed by atoms with E-state index in [1.165, 1.54) is 18.9 Å². The Bertz CT molecular complexity index is 652. The number of nitrogens with zero attached hydrogens (tertiary/aromatic N) is 3. The molecule has 2 aromatic rings. The fraction of sp³-hybridized carbons (Fsp3) is 0.400. The quantitative estimate of drug-likeness (QED) is 0.823. The fourth-order valence-corrected chi connectivity index (χ4v) is 2.15. The van der Waals surface area contributed by atoms with Crippen molar-refractivity contribution in [2.75, 3.05) is 6.54 Å². The molecule has 1 fully saturated rings. The Labute approximate surface area is 122 Å². The summed E-state index contributed by atoms with van der Waals surface area (Å²) in [5.74, 6) is 2.97. The van der Waals surface area contributed by atoms with E-state index in [1.807, 2.05) is 23.6 Å². The standard InChI is InChI=1S/C15H18N4O2/c1-11-2-5-13(21-11)6-7-14(20)16-8-9-19-10-17-18-15(19)12-3-4-12/h2,5-7,10,12H,3-4,8-9H2,1H3,(H,16,20)/b7-6-. The third kappa shape index (κ3) is 3.59. The lowest BCUT2D eigenvalue weighted by atomic mass is 10.3. The van der Waals surface area contributed by atoms with E-state index in [-0.39, 0.29) is 5.91 Å². The van der Waals surface area contributed by atoms with Crippen molar-refractivity contribution in [2.24, 2.45) is 0 Å². The molecule has 1 amide bonds. The smallest absolute Gasteiger partial charge is 0.244 e. The molecule has 1 saturated carbocycles. The van der Waals surface area contributed by atoms with Gasteiger partial charge in [-0.2, -0.15) is 0 Å². The Morgan fingerprint density at radius 3 is 3.10 bits per heavy atom. The molecule has 1 aliphatic rings. The fourth-order valence-electron chi connectivity index (χ4n) is 2.15. The van der Waals surface area contributed by atoms with Gasteiger partial charge in [0.1, 0.15) is 23.7 Å². The first kappa shape index (κ1) is 13.6. The number of carbonyl (C=O) groups excluding carboxylic acids is 1. The second-order valence-corrected chi connectivity index (χ2v) is 5.23. The van der Waals surface area contributed by atoms with Crippen molar-refractivity contribution in [2.45, 2.75) is 32.2 Å². The van der Waals surface area contributed by atoms with E-state index < -0.39 is 0 Å². The van der Waals surface area contributed by atoms with Gasteiger partial charge in [-0.1, -0.05) is 0 Å². The Hall–Kier alpha value is -2.37. The van der Waals surface area contributed by atoms with Crippen LogP contribution < -0.4 is 5.32 Å². The van der Waals surface area contributed by atoms with E-state index in [9.17, 15) is 4.79 Å². The summed E-state index contributed by atoms with van der Waals surface area (Å²) in [5, 5.41) is 10.9. The van der Waals surface area contributed by atoms with Gasteiger partial charge in [-0.15, -0.1) is 10.2 Å². The second kappa shape index (κ2) is 5.95. The number of hydrogen-bond acceptors (Lipinski definition) is 4. The summed E-state index contributed by atoms with van der Waals surface area (Å²) < 4.78 is 7.37. The Morgan fingerprint density at radius 1 is 1.52 bits per heavy atom. The highest BCUT2D eigenvalue weighted by Crippen LogP contribution is 2.38. The van der Waals surface area contributed by atoms with Crippen LogP contribution in [-0.2, 0) is 11.3 Å². The Balaban J connectivity index is 1.45. The van der Waals surface area contributed by atoms with Gasteiger partial charge in [0.15, 0.2) is 0 Å². The molecule has 1 N–H and O–H groups in total. The van der Waals surface area contributed by atoms with Gasteiger partial charge in [0, 0.05) is 25.1 Å². The molecule has 6 heteroatoms. The first-order valence-electron chi connectivity index (χ1n) is 7.12. The van der Waals surface area contributed by atoms with Crippen molar-refractivity contribution in [3.05, 3.63) is 41.9 Å². The summed E-state index contributed by atoms with van der Waals surface area (Å²) in [4.78, 5) is 11.7. The van der Waals surface area contributed by atoms with E-state index in [0.717, 1.165) is 11.6 Å². The average Bonchev–Trinajstić information content (AvgIpc) is 3.06. The number of furan rings is 1. The monoisotopic (exact) mass is 286 g/mol. The highest BCUT2D eigenvalue weighted by atomic mass is 16.3. The van der Waals surface area contributed by atoms with Crippen LogP contribution in [-0.4, -0.2) is 27.2 Å². The van der Waals surface area contributed by atoms with Crippen LogP contribution in [0.3, 0.4) is 0 Å².